The van der Waals surface area contributed by atoms with Crippen LogP contribution in [-0.4, -0.2) is 74.9 Å². The number of aliphatic hydroxyl groups is 1. The molecule has 0 spiro atoms. The van der Waals surface area contributed by atoms with E-state index in [0.717, 1.165) is 10.9 Å². The number of aromatic nitrogens is 4. The Hall–Kier alpha value is -5.22. The van der Waals surface area contributed by atoms with E-state index >= 15 is 0 Å². The van der Waals surface area contributed by atoms with Crippen LogP contribution in [0.4, 0.5) is 11.8 Å². The summed E-state index contributed by atoms with van der Waals surface area (Å²) in [6.07, 6.45) is 0.861. The topological polar surface area (TPSA) is 358 Å². The third-order valence-corrected chi connectivity index (χ3v) is 8.54. The molecule has 7 heterocycles. The Morgan fingerprint density at radius 1 is 1.17 bits per heavy atom. The molecule has 7 rings (SSSR count). The highest BCUT2D eigenvalue weighted by Gasteiger charge is 2.53. The minimum Gasteiger partial charge on any atom is -0.500 e. The van der Waals surface area contributed by atoms with E-state index in [1.165, 1.54) is 4.90 Å². The molecule has 0 aliphatic carbocycles. The van der Waals surface area contributed by atoms with Gasteiger partial charge in [-0.1, -0.05) is 5.11 Å². The molecular weight excluding hydrogens is 678 g/mol. The van der Waals surface area contributed by atoms with Crippen LogP contribution >= 0.6 is 16.3 Å². The van der Waals surface area contributed by atoms with E-state index in [0.29, 0.717) is 12.0 Å². The maximum absolute atomic E-state index is 12.4. The summed E-state index contributed by atoms with van der Waals surface area (Å²) >= 11 is 0. The predicted octanol–water partition coefficient (Wildman–Crippen LogP) is -0.786. The number of nitrogens with one attached hydrogen (secondary N) is 4. The largest absolute Gasteiger partial charge is 0.663 e. The third kappa shape index (κ3) is 5.28. The number of fused-ring (bicyclic) bond motifs is 5. The highest BCUT2D eigenvalue weighted by Crippen LogP contribution is 2.61. The zero-order valence-corrected chi connectivity index (χ0v) is 24.9. The van der Waals surface area contributed by atoms with E-state index < -0.39 is 75.4 Å². The SMILES string of the molecule is [N-]=[N+]=N[C@H]1C2=C(n3cnc4c(=O)[nH]c(N)nc43)O/C1=C/O[P+](O)(O)Oc1c(oc(N3CNC4=C(O)NCNC43)c1O)CO[P+](O)(O)O2. The van der Waals surface area contributed by atoms with Crippen LogP contribution in [-0.2, 0) is 24.9 Å². The number of ether oxygens (including phenoxy) is 1. The molecule has 0 aromatic carbocycles. The van der Waals surface area contributed by atoms with Gasteiger partial charge in [-0.15, -0.1) is 4.52 Å². The van der Waals surface area contributed by atoms with E-state index in [4.69, 9.17) is 33.0 Å². The fourth-order valence-corrected chi connectivity index (χ4v) is 6.37. The lowest BCUT2D eigenvalue weighted by Crippen LogP contribution is -2.50. The maximum Gasteiger partial charge on any atom is 0.663 e. The van der Waals surface area contributed by atoms with Gasteiger partial charge in [0, 0.05) is 4.91 Å². The van der Waals surface area contributed by atoms with Crippen LogP contribution in [0.25, 0.3) is 27.5 Å². The third-order valence-electron chi connectivity index (χ3n) is 6.83. The molecule has 25 nitrogen and oxygen atoms in total. The average molecular weight is 700 g/mol. The normalized spacial score (nSPS) is 24.3. The zero-order valence-electron chi connectivity index (χ0n) is 23.1. The molecule has 1 saturated heterocycles. The molecule has 0 saturated carbocycles. The van der Waals surface area contributed by atoms with Crippen molar-refractivity contribution in [1.29, 1.82) is 0 Å². The van der Waals surface area contributed by atoms with E-state index in [-0.39, 0.29) is 42.2 Å². The molecule has 2 bridgehead atoms. The summed E-state index contributed by atoms with van der Waals surface area (Å²) < 4.78 is 33.3. The fourth-order valence-electron chi connectivity index (χ4n) is 4.88. The summed E-state index contributed by atoms with van der Waals surface area (Å²) in [7, 11) is -10.0. The summed E-state index contributed by atoms with van der Waals surface area (Å²) in [5.74, 6) is -4.43. The van der Waals surface area contributed by atoms with E-state index in [1.807, 2.05) is 0 Å². The summed E-state index contributed by atoms with van der Waals surface area (Å²) in [6, 6.07) is -1.70. The number of furan rings is 1. The van der Waals surface area contributed by atoms with Crippen molar-refractivity contribution in [3.8, 4) is 11.5 Å². The average Bonchev–Trinajstić information content (AvgIpc) is 3.76. The standard InChI is InChI=1S/C20H20N12O13P2/c21-20-27-15-10(17(35)28-20)26-5-32(15)19-13-8(29-30-22)6(42-19)1-40-46(36,37)44-12-7(2-41-47(38,39)45-13)43-18(11(12)33)31-4-25-9-14(31)23-3-24-16(9)34/h1,5,8,14,23-25,36-39H,2-4H2,(H3-2,21,27,28,33,34,35)/p+2/b6-1+/t8-,14?/m1/s1. The number of H-pyrrole nitrogens is 1. The van der Waals surface area contributed by atoms with Crippen molar-refractivity contribution in [1.82, 2.24) is 35.5 Å². The molecule has 27 heteroatoms. The van der Waals surface area contributed by atoms with E-state index in [9.17, 15) is 40.1 Å². The van der Waals surface area contributed by atoms with Gasteiger partial charge >= 0.3 is 16.3 Å². The molecule has 4 aliphatic rings. The van der Waals surface area contributed by atoms with Gasteiger partial charge in [-0.05, 0) is 5.53 Å². The van der Waals surface area contributed by atoms with Crippen LogP contribution in [0.2, 0.25) is 0 Å². The molecule has 248 valence electrons. The van der Waals surface area contributed by atoms with Crippen LogP contribution in [0, 0.1) is 0 Å². The Balaban J connectivity index is 1.31. The summed E-state index contributed by atoms with van der Waals surface area (Å²) in [5.41, 5.74) is 14.1. The molecular formula is C20H22N12O13P2+2. The molecule has 4 aliphatic heterocycles. The Morgan fingerprint density at radius 2 is 1.98 bits per heavy atom. The second-order valence-corrected chi connectivity index (χ2v) is 12.5. The smallest absolute Gasteiger partial charge is 0.500 e. The number of hydrogen-bond donors (Lipinski definition) is 11. The first-order valence-corrected chi connectivity index (χ1v) is 16.0. The van der Waals surface area contributed by atoms with Crippen molar-refractivity contribution < 1.29 is 57.0 Å². The predicted molar refractivity (Wildman–Crippen MR) is 154 cm³/mol. The minimum absolute atomic E-state index is 0.0227. The Morgan fingerprint density at radius 3 is 2.77 bits per heavy atom. The van der Waals surface area contributed by atoms with Crippen molar-refractivity contribution in [2.24, 2.45) is 5.11 Å². The Kier molecular flexibility index (Phi) is 7.09. The summed E-state index contributed by atoms with van der Waals surface area (Å²) in [4.78, 5) is 69.8. The maximum atomic E-state index is 12.4. The minimum atomic E-state index is -5.01. The first-order valence-electron chi connectivity index (χ1n) is 12.9. The van der Waals surface area contributed by atoms with Gasteiger partial charge in [0.1, 0.15) is 18.2 Å². The number of anilines is 2. The lowest BCUT2D eigenvalue weighted by atomic mass is 10.2. The van der Waals surface area contributed by atoms with Gasteiger partial charge in [-0.25, -0.2) is 14.1 Å². The quantitative estimate of drug-likeness (QED) is 0.0690. The molecule has 12 N–H and O–H groups in total. The summed E-state index contributed by atoms with van der Waals surface area (Å²) in [5, 5.41) is 33.3. The number of imidazole rings is 1. The van der Waals surface area contributed by atoms with Crippen molar-refractivity contribution in [3.63, 3.8) is 0 Å². The molecule has 2 atom stereocenters. The number of nitrogen functional groups attached to an aromatic ring is 1. The van der Waals surface area contributed by atoms with Crippen LogP contribution in [0.15, 0.2) is 50.0 Å². The Labute approximate surface area is 259 Å². The molecule has 1 fully saturated rings. The van der Waals surface area contributed by atoms with Gasteiger partial charge in [0.2, 0.25) is 29.2 Å². The second kappa shape index (κ2) is 10.9. The molecule has 3 aromatic heterocycles. The number of rotatable bonds is 3. The van der Waals surface area contributed by atoms with Crippen molar-refractivity contribution in [3.05, 3.63) is 62.2 Å². The van der Waals surface area contributed by atoms with Gasteiger partial charge in [-0.3, -0.25) is 24.1 Å². The highest BCUT2D eigenvalue weighted by atomic mass is 31.2. The lowest BCUT2D eigenvalue weighted by Gasteiger charge is -2.27. The molecule has 1 unspecified atom stereocenters. The van der Waals surface area contributed by atoms with Gasteiger partial charge in [0.15, 0.2) is 41.6 Å². The van der Waals surface area contributed by atoms with Crippen LogP contribution < -0.4 is 36.7 Å². The van der Waals surface area contributed by atoms with Gasteiger partial charge < -0.3 is 40.6 Å². The molecule has 47 heavy (non-hydrogen) atoms. The molecule has 0 radical (unpaired) electrons. The van der Waals surface area contributed by atoms with Gasteiger partial charge in [-0.2, -0.15) is 24.6 Å². The van der Waals surface area contributed by atoms with Crippen LogP contribution in [0.1, 0.15) is 5.76 Å². The number of nitrogens with zero attached hydrogens (tertiary/aromatic N) is 7. The van der Waals surface area contributed by atoms with Crippen LogP contribution in [0.3, 0.4) is 0 Å². The van der Waals surface area contributed by atoms with Crippen molar-refractivity contribution in [2.75, 3.05) is 24.0 Å². The lowest BCUT2D eigenvalue weighted by molar-refractivity contribution is 0.123. The number of aromatic amines is 1. The van der Waals surface area contributed by atoms with Crippen molar-refractivity contribution in [2.45, 2.75) is 18.8 Å². The van der Waals surface area contributed by atoms with Gasteiger partial charge in [0.05, 0.1) is 13.3 Å². The first-order chi connectivity index (χ1) is 22.4. The zero-order chi connectivity index (χ0) is 33.2. The fraction of sp³-hybridized carbons (Fsp3) is 0.250. The monoisotopic (exact) mass is 700 g/mol. The number of nitrogens with two attached hydrogens (primary N) is 1. The van der Waals surface area contributed by atoms with E-state index in [1.54, 1.807) is 0 Å². The van der Waals surface area contributed by atoms with Crippen molar-refractivity contribution >= 4 is 45.2 Å². The number of aromatic hydroxyl groups is 1. The van der Waals surface area contributed by atoms with Crippen LogP contribution in [0.5, 0.6) is 11.5 Å². The second-order valence-electron chi connectivity index (χ2n) is 9.71. The summed E-state index contributed by atoms with van der Waals surface area (Å²) in [6.45, 7) is -0.824. The van der Waals surface area contributed by atoms with Gasteiger partial charge in [0.25, 0.3) is 17.2 Å². The highest BCUT2D eigenvalue weighted by molar-refractivity contribution is 7.55. The van der Waals surface area contributed by atoms with E-state index in [2.05, 4.69) is 40.9 Å². The number of azide groups is 1. The number of hydrogen-bond acceptors (Lipinski definition) is 21. The molecule has 3 aromatic rings. The Bertz CT molecular complexity index is 2000. The number of aliphatic hydroxyl groups excluding tert-OH is 1. The molecule has 0 amide bonds. The first kappa shape index (κ1) is 30.4.